The molecule has 8 heteroatoms. The summed E-state index contributed by atoms with van der Waals surface area (Å²) in [6, 6.07) is 5.18. The summed E-state index contributed by atoms with van der Waals surface area (Å²) in [5.74, 6) is 0.305. The highest BCUT2D eigenvalue weighted by Crippen LogP contribution is 2.27. The Labute approximate surface area is 135 Å². The van der Waals surface area contributed by atoms with Gasteiger partial charge in [0, 0.05) is 12.8 Å². The normalized spacial score (nSPS) is 18.1. The van der Waals surface area contributed by atoms with E-state index < -0.39 is 10.0 Å². The second-order valence-electron chi connectivity index (χ2n) is 5.49. The van der Waals surface area contributed by atoms with Crippen molar-refractivity contribution in [2.24, 2.45) is 0 Å². The van der Waals surface area contributed by atoms with Crippen LogP contribution < -0.4 is 9.46 Å². The van der Waals surface area contributed by atoms with Crippen LogP contribution in [0.4, 0.5) is 5.69 Å². The molecule has 1 aliphatic heterocycles. The highest BCUT2D eigenvalue weighted by molar-refractivity contribution is 7.92. The van der Waals surface area contributed by atoms with Gasteiger partial charge < -0.3 is 9.47 Å². The van der Waals surface area contributed by atoms with E-state index in [9.17, 15) is 8.42 Å². The van der Waals surface area contributed by atoms with E-state index in [1.165, 1.54) is 13.3 Å². The Kier molecular flexibility index (Phi) is 4.27. The second kappa shape index (κ2) is 6.21. The molecule has 1 atom stereocenters. The molecule has 0 bridgehead atoms. The van der Waals surface area contributed by atoms with Gasteiger partial charge in [-0.15, -0.1) is 0 Å². The van der Waals surface area contributed by atoms with E-state index in [1.54, 1.807) is 29.1 Å². The van der Waals surface area contributed by atoms with Gasteiger partial charge in [-0.25, -0.2) is 8.42 Å². The number of hydrogen-bond acceptors (Lipinski definition) is 5. The van der Waals surface area contributed by atoms with Crippen molar-refractivity contribution in [3.05, 3.63) is 36.2 Å². The van der Waals surface area contributed by atoms with Crippen molar-refractivity contribution in [3.63, 3.8) is 0 Å². The summed E-state index contributed by atoms with van der Waals surface area (Å²) < 4.78 is 40.0. The van der Waals surface area contributed by atoms with E-state index in [1.807, 2.05) is 6.92 Å². The Hall–Kier alpha value is -2.06. The van der Waals surface area contributed by atoms with Gasteiger partial charge in [0.1, 0.15) is 10.6 Å². The molecular weight excluding hydrogens is 318 g/mol. The molecule has 7 nitrogen and oxygen atoms in total. The first-order chi connectivity index (χ1) is 11.0. The number of ether oxygens (including phenoxy) is 2. The van der Waals surface area contributed by atoms with Crippen LogP contribution in [0.3, 0.4) is 0 Å². The zero-order valence-corrected chi connectivity index (χ0v) is 13.8. The third-order valence-electron chi connectivity index (χ3n) is 3.74. The fourth-order valence-corrected chi connectivity index (χ4v) is 3.81. The van der Waals surface area contributed by atoms with Crippen molar-refractivity contribution in [1.29, 1.82) is 0 Å². The van der Waals surface area contributed by atoms with Gasteiger partial charge in [-0.1, -0.05) is 6.07 Å². The average molecular weight is 337 g/mol. The first kappa shape index (κ1) is 15.8. The van der Waals surface area contributed by atoms with E-state index in [4.69, 9.17) is 9.47 Å². The predicted octanol–water partition coefficient (Wildman–Crippen LogP) is 1.96. The summed E-state index contributed by atoms with van der Waals surface area (Å²) >= 11 is 0. The number of rotatable bonds is 5. The molecule has 1 N–H and O–H groups in total. The maximum Gasteiger partial charge on any atom is 0.265 e. The Morgan fingerprint density at radius 3 is 2.96 bits per heavy atom. The van der Waals surface area contributed by atoms with Crippen LogP contribution in [-0.4, -0.2) is 38.5 Å². The number of anilines is 1. The van der Waals surface area contributed by atoms with E-state index in [0.717, 1.165) is 12.0 Å². The second-order valence-corrected chi connectivity index (χ2v) is 7.14. The van der Waals surface area contributed by atoms with Gasteiger partial charge in [0.15, 0.2) is 0 Å². The molecule has 1 aromatic carbocycles. The van der Waals surface area contributed by atoms with E-state index in [-0.39, 0.29) is 10.9 Å². The molecule has 1 fully saturated rings. The van der Waals surface area contributed by atoms with Crippen LogP contribution in [0, 0.1) is 6.92 Å². The van der Waals surface area contributed by atoms with Gasteiger partial charge >= 0.3 is 0 Å². The van der Waals surface area contributed by atoms with Crippen molar-refractivity contribution < 1.29 is 17.9 Å². The number of nitrogens with zero attached hydrogens (tertiary/aromatic N) is 2. The number of hydrogen-bond donors (Lipinski definition) is 1. The van der Waals surface area contributed by atoms with E-state index in [2.05, 4.69) is 9.82 Å². The van der Waals surface area contributed by atoms with Crippen LogP contribution in [0.1, 0.15) is 18.0 Å². The van der Waals surface area contributed by atoms with Crippen molar-refractivity contribution in [2.45, 2.75) is 24.3 Å². The smallest absolute Gasteiger partial charge is 0.265 e. The number of sulfonamides is 1. The van der Waals surface area contributed by atoms with Gasteiger partial charge in [0.25, 0.3) is 10.0 Å². The van der Waals surface area contributed by atoms with E-state index >= 15 is 0 Å². The first-order valence-electron chi connectivity index (χ1n) is 7.29. The van der Waals surface area contributed by atoms with Crippen molar-refractivity contribution >= 4 is 15.7 Å². The van der Waals surface area contributed by atoms with Crippen molar-refractivity contribution in [1.82, 2.24) is 9.78 Å². The standard InChI is InChI=1S/C15H19N3O4S/c1-11-3-4-14(21-2)15(7-11)23(19,20)17-12-8-16-18(9-12)13-5-6-22-10-13/h3-4,7-9,13,17H,5-6,10H2,1-2H3/t13-/m0/s1. The molecule has 2 aromatic rings. The molecule has 3 rings (SSSR count). The molecule has 23 heavy (non-hydrogen) atoms. The fourth-order valence-electron chi connectivity index (χ4n) is 2.53. The zero-order valence-electron chi connectivity index (χ0n) is 13.0. The minimum Gasteiger partial charge on any atom is -0.495 e. The minimum atomic E-state index is -3.75. The van der Waals surface area contributed by atoms with Crippen LogP contribution in [0.25, 0.3) is 0 Å². The lowest BCUT2D eigenvalue weighted by molar-refractivity contribution is 0.184. The molecule has 124 valence electrons. The summed E-state index contributed by atoms with van der Waals surface area (Å²) in [5, 5.41) is 4.21. The van der Waals surface area contributed by atoms with Crippen LogP contribution in [0.15, 0.2) is 35.5 Å². The SMILES string of the molecule is COc1ccc(C)cc1S(=O)(=O)Nc1cnn([C@H]2CCOC2)c1. The van der Waals surface area contributed by atoms with Crippen LogP contribution >= 0.6 is 0 Å². The van der Waals surface area contributed by atoms with Crippen LogP contribution in [-0.2, 0) is 14.8 Å². The quantitative estimate of drug-likeness (QED) is 0.902. The third kappa shape index (κ3) is 3.32. The van der Waals surface area contributed by atoms with Gasteiger partial charge in [-0.2, -0.15) is 5.10 Å². The molecule has 0 unspecified atom stereocenters. The lowest BCUT2D eigenvalue weighted by Gasteiger charge is -2.11. The number of nitrogens with one attached hydrogen (secondary N) is 1. The maximum absolute atomic E-state index is 12.6. The summed E-state index contributed by atoms with van der Waals surface area (Å²) in [6.45, 7) is 3.13. The molecule has 0 amide bonds. The molecule has 1 saturated heterocycles. The van der Waals surface area contributed by atoms with Gasteiger partial charge in [-0.3, -0.25) is 9.40 Å². The van der Waals surface area contributed by atoms with Crippen molar-refractivity contribution in [3.8, 4) is 5.75 Å². The van der Waals surface area contributed by atoms with E-state index in [0.29, 0.717) is 24.7 Å². The summed E-state index contributed by atoms with van der Waals surface area (Å²) in [5.41, 5.74) is 1.26. The van der Waals surface area contributed by atoms with Crippen LogP contribution in [0.5, 0.6) is 5.75 Å². The number of methoxy groups -OCH3 is 1. The highest BCUT2D eigenvalue weighted by Gasteiger charge is 2.22. The first-order valence-corrected chi connectivity index (χ1v) is 8.77. The largest absolute Gasteiger partial charge is 0.495 e. The highest BCUT2D eigenvalue weighted by atomic mass is 32.2. The van der Waals surface area contributed by atoms with Gasteiger partial charge in [-0.05, 0) is 31.0 Å². The molecule has 0 radical (unpaired) electrons. The lowest BCUT2D eigenvalue weighted by Crippen LogP contribution is -2.14. The Balaban J connectivity index is 1.85. The van der Waals surface area contributed by atoms with Crippen LogP contribution in [0.2, 0.25) is 0 Å². The fraction of sp³-hybridized carbons (Fsp3) is 0.400. The summed E-state index contributed by atoms with van der Waals surface area (Å²) in [7, 11) is -2.30. The Morgan fingerprint density at radius 1 is 1.43 bits per heavy atom. The van der Waals surface area contributed by atoms with Gasteiger partial charge in [0.2, 0.25) is 0 Å². The number of benzene rings is 1. The van der Waals surface area contributed by atoms with Gasteiger partial charge in [0.05, 0.1) is 31.6 Å². The topological polar surface area (TPSA) is 82.5 Å². The molecule has 2 heterocycles. The molecule has 0 saturated carbocycles. The minimum absolute atomic E-state index is 0.108. The molecule has 1 aliphatic rings. The van der Waals surface area contributed by atoms with Crippen molar-refractivity contribution in [2.75, 3.05) is 25.0 Å². The zero-order chi connectivity index (χ0) is 16.4. The Bertz CT molecular complexity index is 795. The monoisotopic (exact) mass is 337 g/mol. The number of aryl methyl sites for hydroxylation is 1. The summed E-state index contributed by atoms with van der Waals surface area (Å²) in [6.07, 6.45) is 4.05. The Morgan fingerprint density at radius 2 is 2.26 bits per heavy atom. The average Bonchev–Trinajstić information content (AvgIpc) is 3.17. The summed E-state index contributed by atoms with van der Waals surface area (Å²) in [4.78, 5) is 0.108. The molecule has 0 spiro atoms. The lowest BCUT2D eigenvalue weighted by atomic mass is 10.2. The number of aromatic nitrogens is 2. The predicted molar refractivity (Wildman–Crippen MR) is 85.2 cm³/mol. The molecule has 1 aromatic heterocycles. The third-order valence-corrected chi connectivity index (χ3v) is 5.14. The molecule has 0 aliphatic carbocycles. The molecular formula is C15H19N3O4S. The maximum atomic E-state index is 12.6.